The van der Waals surface area contributed by atoms with Crippen LogP contribution in [0, 0.1) is 0 Å². The van der Waals surface area contributed by atoms with Gasteiger partial charge in [-0.3, -0.25) is 4.98 Å². The van der Waals surface area contributed by atoms with Crippen molar-refractivity contribution in [1.29, 1.82) is 0 Å². The number of benzene rings is 2. The first-order valence-corrected chi connectivity index (χ1v) is 7.12. The van der Waals surface area contributed by atoms with Gasteiger partial charge < -0.3 is 5.32 Å². The van der Waals surface area contributed by atoms with Crippen LogP contribution in [0.15, 0.2) is 54.7 Å². The summed E-state index contributed by atoms with van der Waals surface area (Å²) in [5.41, 5.74) is 4.31. The van der Waals surface area contributed by atoms with Crippen molar-refractivity contribution in [2.45, 2.75) is 26.2 Å². The lowest BCUT2D eigenvalue weighted by Crippen LogP contribution is -2.10. The van der Waals surface area contributed by atoms with Gasteiger partial charge >= 0.3 is 0 Å². The van der Waals surface area contributed by atoms with Crippen LogP contribution in [0.3, 0.4) is 0 Å². The molecule has 0 radical (unpaired) electrons. The fraction of sp³-hybridized carbons (Fsp3) is 0.222. The topological polar surface area (TPSA) is 37.8 Å². The molecule has 0 unspecified atom stereocenters. The van der Waals surface area contributed by atoms with Gasteiger partial charge in [0.15, 0.2) is 0 Å². The van der Waals surface area contributed by atoms with Crippen LogP contribution in [0.1, 0.15) is 26.3 Å². The van der Waals surface area contributed by atoms with Gasteiger partial charge in [-0.1, -0.05) is 45.0 Å². The van der Waals surface area contributed by atoms with Crippen molar-refractivity contribution in [3.8, 4) is 0 Å². The summed E-state index contributed by atoms with van der Waals surface area (Å²) < 4.78 is 0. The molecule has 0 amide bonds. The first-order valence-electron chi connectivity index (χ1n) is 7.12. The molecular weight excluding hydrogens is 258 g/mol. The van der Waals surface area contributed by atoms with Crippen molar-refractivity contribution in [2.75, 3.05) is 5.32 Å². The first kappa shape index (κ1) is 13.6. The third kappa shape index (κ3) is 3.02. The smallest absolute Gasteiger partial charge is 0.149 e. The van der Waals surface area contributed by atoms with Crippen LogP contribution in [-0.2, 0) is 5.41 Å². The van der Waals surface area contributed by atoms with Crippen LogP contribution in [0.5, 0.6) is 0 Å². The number of hydrogen-bond acceptors (Lipinski definition) is 3. The molecule has 3 nitrogen and oxygen atoms in total. The minimum absolute atomic E-state index is 0.168. The van der Waals surface area contributed by atoms with Gasteiger partial charge in [0.25, 0.3) is 0 Å². The summed E-state index contributed by atoms with van der Waals surface area (Å²) in [5.74, 6) is 0.761. The molecule has 3 heteroatoms. The Hall–Kier alpha value is -2.42. The Bertz CT molecular complexity index is 755. The quantitative estimate of drug-likeness (QED) is 0.739. The number of para-hydroxylation sites is 2. The second-order valence-electron chi connectivity index (χ2n) is 6.20. The fourth-order valence-corrected chi connectivity index (χ4v) is 2.22. The molecule has 0 saturated carbocycles. The molecule has 2 aromatic carbocycles. The van der Waals surface area contributed by atoms with Crippen LogP contribution >= 0.6 is 0 Å². The van der Waals surface area contributed by atoms with E-state index < -0.39 is 0 Å². The molecule has 0 fully saturated rings. The Labute approximate surface area is 125 Å². The highest BCUT2D eigenvalue weighted by molar-refractivity contribution is 5.76. The molecule has 106 valence electrons. The lowest BCUT2D eigenvalue weighted by atomic mass is 9.87. The van der Waals surface area contributed by atoms with E-state index in [1.165, 1.54) is 5.56 Å². The fourth-order valence-electron chi connectivity index (χ4n) is 2.22. The van der Waals surface area contributed by atoms with Crippen molar-refractivity contribution in [2.24, 2.45) is 0 Å². The monoisotopic (exact) mass is 277 g/mol. The maximum Gasteiger partial charge on any atom is 0.149 e. The van der Waals surface area contributed by atoms with E-state index in [2.05, 4.69) is 60.3 Å². The largest absolute Gasteiger partial charge is 0.339 e. The van der Waals surface area contributed by atoms with Crippen molar-refractivity contribution >= 4 is 22.5 Å². The van der Waals surface area contributed by atoms with Crippen LogP contribution < -0.4 is 5.32 Å². The molecule has 1 N–H and O–H groups in total. The summed E-state index contributed by atoms with van der Waals surface area (Å²) in [6, 6.07) is 16.3. The third-order valence-corrected chi connectivity index (χ3v) is 3.47. The average molecular weight is 277 g/mol. The summed E-state index contributed by atoms with van der Waals surface area (Å²) >= 11 is 0. The molecule has 0 bridgehead atoms. The first-order chi connectivity index (χ1) is 10.0. The van der Waals surface area contributed by atoms with E-state index in [0.29, 0.717) is 0 Å². The Morgan fingerprint density at radius 3 is 2.19 bits per heavy atom. The number of anilines is 2. The Morgan fingerprint density at radius 2 is 1.52 bits per heavy atom. The van der Waals surface area contributed by atoms with Gasteiger partial charge in [-0.25, -0.2) is 4.98 Å². The summed E-state index contributed by atoms with van der Waals surface area (Å²) in [5, 5.41) is 3.30. The van der Waals surface area contributed by atoms with Crippen molar-refractivity contribution in [1.82, 2.24) is 9.97 Å². The van der Waals surface area contributed by atoms with E-state index in [0.717, 1.165) is 22.5 Å². The normalized spacial score (nSPS) is 11.6. The molecule has 1 heterocycles. The molecule has 3 rings (SSSR count). The van der Waals surface area contributed by atoms with Crippen molar-refractivity contribution < 1.29 is 0 Å². The lowest BCUT2D eigenvalue weighted by molar-refractivity contribution is 0.590. The van der Waals surface area contributed by atoms with Crippen LogP contribution in [0.4, 0.5) is 11.5 Å². The van der Waals surface area contributed by atoms with Crippen LogP contribution in [0.25, 0.3) is 11.0 Å². The minimum atomic E-state index is 0.168. The molecule has 1 aromatic heterocycles. The van der Waals surface area contributed by atoms with Crippen molar-refractivity contribution in [3.63, 3.8) is 0 Å². The van der Waals surface area contributed by atoms with Gasteiger partial charge in [-0.2, -0.15) is 0 Å². The number of rotatable bonds is 2. The molecule has 0 atom stereocenters. The summed E-state index contributed by atoms with van der Waals surface area (Å²) in [6.45, 7) is 6.64. The van der Waals surface area contributed by atoms with E-state index in [9.17, 15) is 0 Å². The van der Waals surface area contributed by atoms with E-state index >= 15 is 0 Å². The molecule has 0 saturated heterocycles. The van der Waals surface area contributed by atoms with Gasteiger partial charge in [-0.15, -0.1) is 0 Å². The molecule has 0 aliphatic heterocycles. The average Bonchev–Trinajstić information content (AvgIpc) is 2.47. The zero-order valence-corrected chi connectivity index (χ0v) is 12.6. The maximum absolute atomic E-state index is 4.57. The number of nitrogens with zero attached hydrogens (tertiary/aromatic N) is 2. The number of fused-ring (bicyclic) bond motifs is 1. The van der Waals surface area contributed by atoms with Crippen LogP contribution in [-0.4, -0.2) is 9.97 Å². The summed E-state index contributed by atoms with van der Waals surface area (Å²) in [6.07, 6.45) is 1.76. The van der Waals surface area contributed by atoms with E-state index in [1.807, 2.05) is 24.3 Å². The van der Waals surface area contributed by atoms with Crippen LogP contribution in [0.2, 0.25) is 0 Å². The number of hydrogen-bond donors (Lipinski definition) is 1. The summed E-state index contributed by atoms with van der Waals surface area (Å²) in [4.78, 5) is 8.98. The van der Waals surface area contributed by atoms with Gasteiger partial charge in [-0.05, 0) is 35.2 Å². The van der Waals surface area contributed by atoms with Gasteiger partial charge in [0.2, 0.25) is 0 Å². The number of nitrogens with one attached hydrogen (secondary N) is 1. The van der Waals surface area contributed by atoms with E-state index in [1.54, 1.807) is 6.20 Å². The van der Waals surface area contributed by atoms with Gasteiger partial charge in [0.05, 0.1) is 17.2 Å². The summed E-state index contributed by atoms with van der Waals surface area (Å²) in [7, 11) is 0. The molecule has 0 aliphatic rings. The predicted octanol–water partition coefficient (Wildman–Crippen LogP) is 4.67. The predicted molar refractivity (Wildman–Crippen MR) is 88.0 cm³/mol. The molecule has 0 spiro atoms. The zero-order valence-electron chi connectivity index (χ0n) is 12.6. The van der Waals surface area contributed by atoms with Gasteiger partial charge in [0, 0.05) is 5.69 Å². The highest BCUT2D eigenvalue weighted by Gasteiger charge is 2.12. The SMILES string of the molecule is CC(C)(C)c1ccc(Nc2cnc3ccccc3n2)cc1. The Morgan fingerprint density at radius 1 is 0.857 bits per heavy atom. The third-order valence-electron chi connectivity index (χ3n) is 3.47. The molecule has 3 aromatic rings. The van der Waals surface area contributed by atoms with Crippen molar-refractivity contribution in [3.05, 3.63) is 60.3 Å². The zero-order chi connectivity index (χ0) is 14.9. The highest BCUT2D eigenvalue weighted by atomic mass is 15.0. The second kappa shape index (κ2) is 5.17. The Balaban J connectivity index is 1.84. The van der Waals surface area contributed by atoms with E-state index in [4.69, 9.17) is 0 Å². The lowest BCUT2D eigenvalue weighted by Gasteiger charge is -2.19. The van der Waals surface area contributed by atoms with Gasteiger partial charge in [0.1, 0.15) is 5.82 Å². The minimum Gasteiger partial charge on any atom is -0.339 e. The Kier molecular flexibility index (Phi) is 3.34. The highest BCUT2D eigenvalue weighted by Crippen LogP contribution is 2.24. The molecular formula is C18H19N3. The number of aromatic nitrogens is 2. The molecule has 0 aliphatic carbocycles. The molecule has 21 heavy (non-hydrogen) atoms. The van der Waals surface area contributed by atoms with E-state index in [-0.39, 0.29) is 5.41 Å². The second-order valence-corrected chi connectivity index (χ2v) is 6.20. The standard InChI is InChI=1S/C18H19N3/c1-18(2,3)13-8-10-14(11-9-13)20-17-12-19-15-6-4-5-7-16(15)21-17/h4-12H,1-3H3,(H,20,21). The maximum atomic E-state index is 4.57.